The smallest absolute Gasteiger partial charge is 0.282 e. The molecule has 1 aliphatic heterocycles. The van der Waals surface area contributed by atoms with Crippen molar-refractivity contribution in [3.8, 4) is 11.1 Å². The first-order valence-corrected chi connectivity index (χ1v) is 11.6. The number of β-amino-alcohol motifs (C(OH)–C–C–N with tert-alkyl or cyclic N) is 2. The molecule has 0 aliphatic carbocycles. The molecule has 162 valence electrons. The van der Waals surface area contributed by atoms with Crippen LogP contribution >= 0.6 is 0 Å². The molecule has 3 aromatic carbocycles. The van der Waals surface area contributed by atoms with Crippen LogP contribution in [0.25, 0.3) is 11.1 Å². The van der Waals surface area contributed by atoms with E-state index in [9.17, 15) is 18.6 Å². The molecule has 0 amide bonds. The van der Waals surface area contributed by atoms with Crippen LogP contribution in [0.4, 0.5) is 0 Å². The van der Waals surface area contributed by atoms with Crippen LogP contribution in [-0.4, -0.2) is 52.5 Å². The van der Waals surface area contributed by atoms with Gasteiger partial charge in [-0.25, -0.2) is 0 Å². The maximum absolute atomic E-state index is 13.5. The van der Waals surface area contributed by atoms with E-state index < -0.39 is 22.4 Å². The second-order valence-corrected chi connectivity index (χ2v) is 9.66. The average molecular weight is 439 g/mol. The van der Waals surface area contributed by atoms with E-state index in [1.54, 1.807) is 0 Å². The number of aliphatic hydroxyl groups excluding tert-OH is 2. The average Bonchev–Trinajstić information content (AvgIpc) is 2.86. The van der Waals surface area contributed by atoms with Crippen molar-refractivity contribution in [3.05, 3.63) is 96.1 Å². The lowest BCUT2D eigenvalue weighted by Crippen LogP contribution is -2.42. The van der Waals surface area contributed by atoms with Crippen molar-refractivity contribution in [2.24, 2.45) is 0 Å². The zero-order valence-corrected chi connectivity index (χ0v) is 17.9. The Morgan fingerprint density at radius 2 is 1.23 bits per heavy atom. The predicted octanol–water partition coefficient (Wildman–Crippen LogP) is 2.64. The quantitative estimate of drug-likeness (QED) is 0.642. The van der Waals surface area contributed by atoms with Gasteiger partial charge >= 0.3 is 0 Å². The van der Waals surface area contributed by atoms with Gasteiger partial charge in [-0.3, -0.25) is 0 Å². The molecule has 2 atom stereocenters. The van der Waals surface area contributed by atoms with Gasteiger partial charge in [-0.2, -0.15) is 17.0 Å². The van der Waals surface area contributed by atoms with Crippen LogP contribution in [0.2, 0.25) is 0 Å². The van der Waals surface area contributed by atoms with Gasteiger partial charge in [0.15, 0.2) is 0 Å². The molecule has 0 spiro atoms. The molecule has 1 heterocycles. The van der Waals surface area contributed by atoms with Gasteiger partial charge in [0.25, 0.3) is 10.2 Å². The van der Waals surface area contributed by atoms with Crippen LogP contribution in [-0.2, 0) is 23.3 Å². The van der Waals surface area contributed by atoms with Gasteiger partial charge in [0.1, 0.15) is 0 Å². The molecule has 0 bridgehead atoms. The fourth-order valence-corrected chi connectivity index (χ4v) is 5.46. The fourth-order valence-electron chi connectivity index (χ4n) is 3.84. The molecule has 3 aromatic rings. The Kier molecular flexibility index (Phi) is 6.50. The monoisotopic (exact) mass is 438 g/mol. The Bertz CT molecular complexity index is 1110. The van der Waals surface area contributed by atoms with Crippen LogP contribution < -0.4 is 0 Å². The number of aliphatic hydroxyl groups is 2. The van der Waals surface area contributed by atoms with Gasteiger partial charge in [-0.1, -0.05) is 84.9 Å². The lowest BCUT2D eigenvalue weighted by molar-refractivity contribution is 0.00889. The molecule has 0 aromatic heterocycles. The Labute approximate surface area is 183 Å². The SMILES string of the molecule is O=S1(=O)N(Cc2ccccc2)C[C@H](O)[C@@H](O)CN1Cc1ccccc1-c1ccccc1. The number of nitrogens with zero attached hydrogens (tertiary/aromatic N) is 2. The minimum absolute atomic E-state index is 0.0997. The number of hydrogen-bond donors (Lipinski definition) is 2. The molecule has 0 radical (unpaired) electrons. The second kappa shape index (κ2) is 9.30. The van der Waals surface area contributed by atoms with E-state index in [2.05, 4.69) is 0 Å². The highest BCUT2D eigenvalue weighted by Crippen LogP contribution is 2.28. The minimum Gasteiger partial charge on any atom is -0.389 e. The Morgan fingerprint density at radius 3 is 1.87 bits per heavy atom. The zero-order chi connectivity index (χ0) is 21.8. The first-order chi connectivity index (χ1) is 14.9. The van der Waals surface area contributed by atoms with Crippen LogP contribution in [0, 0.1) is 0 Å². The van der Waals surface area contributed by atoms with E-state index in [1.807, 2.05) is 84.9 Å². The molecular weight excluding hydrogens is 412 g/mol. The van der Waals surface area contributed by atoms with Crippen molar-refractivity contribution in [2.45, 2.75) is 25.3 Å². The van der Waals surface area contributed by atoms with Crippen molar-refractivity contribution in [1.82, 2.24) is 8.61 Å². The summed E-state index contributed by atoms with van der Waals surface area (Å²) in [6.45, 7) is -0.0978. The lowest BCUT2D eigenvalue weighted by Gasteiger charge is -2.27. The van der Waals surface area contributed by atoms with Crippen LogP contribution in [0.3, 0.4) is 0 Å². The first-order valence-electron chi connectivity index (χ1n) is 10.2. The van der Waals surface area contributed by atoms with Crippen molar-refractivity contribution in [2.75, 3.05) is 13.1 Å². The molecule has 1 fully saturated rings. The van der Waals surface area contributed by atoms with Crippen LogP contribution in [0.15, 0.2) is 84.9 Å². The van der Waals surface area contributed by atoms with E-state index in [0.717, 1.165) is 22.3 Å². The Hall–Kier alpha value is -2.55. The van der Waals surface area contributed by atoms with Crippen molar-refractivity contribution in [3.63, 3.8) is 0 Å². The summed E-state index contributed by atoms with van der Waals surface area (Å²) >= 11 is 0. The molecule has 7 heteroatoms. The molecule has 0 saturated carbocycles. The summed E-state index contributed by atoms with van der Waals surface area (Å²) in [5.41, 5.74) is 3.58. The van der Waals surface area contributed by atoms with Crippen molar-refractivity contribution < 1.29 is 18.6 Å². The first kappa shape index (κ1) is 21.7. The van der Waals surface area contributed by atoms with Gasteiger partial charge in [0.05, 0.1) is 12.2 Å². The summed E-state index contributed by atoms with van der Waals surface area (Å²) in [6, 6.07) is 26.7. The molecule has 1 saturated heterocycles. The third-order valence-electron chi connectivity index (χ3n) is 5.53. The number of rotatable bonds is 5. The Morgan fingerprint density at radius 1 is 0.710 bits per heavy atom. The van der Waals surface area contributed by atoms with Gasteiger partial charge in [0, 0.05) is 26.2 Å². The van der Waals surface area contributed by atoms with E-state index in [1.165, 1.54) is 8.61 Å². The van der Waals surface area contributed by atoms with Crippen LogP contribution in [0.1, 0.15) is 11.1 Å². The highest BCUT2D eigenvalue weighted by Gasteiger charge is 2.39. The maximum atomic E-state index is 13.5. The summed E-state index contributed by atoms with van der Waals surface area (Å²) in [7, 11) is -3.92. The molecule has 0 unspecified atom stereocenters. The lowest BCUT2D eigenvalue weighted by atomic mass is 10.00. The van der Waals surface area contributed by atoms with E-state index in [4.69, 9.17) is 0 Å². The third-order valence-corrected chi connectivity index (χ3v) is 7.39. The van der Waals surface area contributed by atoms with Crippen molar-refractivity contribution >= 4 is 10.2 Å². The highest BCUT2D eigenvalue weighted by molar-refractivity contribution is 7.86. The molecule has 2 N–H and O–H groups in total. The Balaban J connectivity index is 1.67. The maximum Gasteiger partial charge on any atom is 0.282 e. The minimum atomic E-state index is -3.92. The zero-order valence-electron chi connectivity index (χ0n) is 17.1. The van der Waals surface area contributed by atoms with Gasteiger partial charge in [-0.05, 0) is 22.3 Å². The van der Waals surface area contributed by atoms with Gasteiger partial charge in [0.2, 0.25) is 0 Å². The van der Waals surface area contributed by atoms with Crippen LogP contribution in [0.5, 0.6) is 0 Å². The molecule has 6 nitrogen and oxygen atoms in total. The molecule has 31 heavy (non-hydrogen) atoms. The van der Waals surface area contributed by atoms with E-state index in [0.29, 0.717) is 0 Å². The predicted molar refractivity (Wildman–Crippen MR) is 120 cm³/mol. The normalized spacial score (nSPS) is 22.1. The highest BCUT2D eigenvalue weighted by atomic mass is 32.2. The standard InChI is InChI=1S/C24H26N2O4S/c27-23-17-25(15-19-9-3-1-4-10-19)31(29,30)26(18-24(23)28)16-21-13-7-8-14-22(21)20-11-5-2-6-12-20/h1-14,23-24,27-28H,15-18H2/t23-,24-/m0/s1. The topological polar surface area (TPSA) is 81.1 Å². The molecule has 1 aliphatic rings. The molecular formula is C24H26N2O4S. The van der Waals surface area contributed by atoms with Gasteiger partial charge in [-0.15, -0.1) is 0 Å². The van der Waals surface area contributed by atoms with E-state index in [-0.39, 0.29) is 26.2 Å². The van der Waals surface area contributed by atoms with Crippen molar-refractivity contribution in [1.29, 1.82) is 0 Å². The van der Waals surface area contributed by atoms with E-state index >= 15 is 0 Å². The largest absolute Gasteiger partial charge is 0.389 e. The second-order valence-electron chi connectivity index (χ2n) is 7.74. The summed E-state index contributed by atoms with van der Waals surface area (Å²) in [5.74, 6) is 0. The van der Waals surface area contributed by atoms with Gasteiger partial charge < -0.3 is 10.2 Å². The molecule has 4 rings (SSSR count). The summed E-state index contributed by atoms with van der Waals surface area (Å²) in [6.07, 6.45) is -2.33. The third kappa shape index (κ3) is 4.87. The fraction of sp³-hybridized carbons (Fsp3) is 0.250. The summed E-state index contributed by atoms with van der Waals surface area (Å²) < 4.78 is 29.5. The summed E-state index contributed by atoms with van der Waals surface area (Å²) in [5, 5.41) is 20.8. The summed E-state index contributed by atoms with van der Waals surface area (Å²) in [4.78, 5) is 0. The number of hydrogen-bond acceptors (Lipinski definition) is 4. The number of benzene rings is 3.